The van der Waals surface area contributed by atoms with E-state index in [2.05, 4.69) is 0 Å². The van der Waals surface area contributed by atoms with Crippen molar-refractivity contribution in [3.63, 3.8) is 0 Å². The smallest absolute Gasteiger partial charge is 0.323 e. The highest BCUT2D eigenvalue weighted by atomic mass is 35.5. The summed E-state index contributed by atoms with van der Waals surface area (Å²) in [6, 6.07) is 8.15. The SMILES string of the molecule is COc1ccsc1C(=O)N(CC(=O)O)c1cccc(Cl)c1. The maximum atomic E-state index is 12.6. The second kappa shape index (κ2) is 6.60. The highest BCUT2D eigenvalue weighted by Crippen LogP contribution is 2.29. The molecule has 0 unspecified atom stereocenters. The molecule has 2 rings (SSSR count). The zero-order chi connectivity index (χ0) is 15.4. The van der Waals surface area contributed by atoms with E-state index in [0.717, 1.165) is 4.90 Å². The number of carboxylic acid groups (broad SMARTS) is 1. The average molecular weight is 326 g/mol. The van der Waals surface area contributed by atoms with Gasteiger partial charge in [-0.2, -0.15) is 0 Å². The number of methoxy groups -OCH3 is 1. The molecule has 1 N–H and O–H groups in total. The van der Waals surface area contributed by atoms with Crippen LogP contribution in [0.5, 0.6) is 5.75 Å². The summed E-state index contributed by atoms with van der Waals surface area (Å²) in [5, 5.41) is 11.2. The molecule has 0 radical (unpaired) electrons. The molecule has 2 aromatic rings. The van der Waals surface area contributed by atoms with Crippen LogP contribution in [0.1, 0.15) is 9.67 Å². The van der Waals surface area contributed by atoms with Gasteiger partial charge in [-0.1, -0.05) is 17.7 Å². The van der Waals surface area contributed by atoms with Gasteiger partial charge in [0.25, 0.3) is 5.91 Å². The van der Waals surface area contributed by atoms with Crippen molar-refractivity contribution in [2.45, 2.75) is 0 Å². The first-order valence-electron chi connectivity index (χ1n) is 5.93. The largest absolute Gasteiger partial charge is 0.495 e. The Morgan fingerprint density at radius 3 is 2.76 bits per heavy atom. The molecule has 0 aliphatic rings. The molecular weight excluding hydrogens is 314 g/mol. The molecule has 0 saturated heterocycles. The van der Waals surface area contributed by atoms with Gasteiger partial charge < -0.3 is 9.84 Å². The Bertz CT molecular complexity index is 670. The topological polar surface area (TPSA) is 66.8 Å². The lowest BCUT2D eigenvalue weighted by molar-refractivity contribution is -0.135. The Morgan fingerprint density at radius 2 is 2.14 bits per heavy atom. The van der Waals surface area contributed by atoms with Crippen LogP contribution in [0.15, 0.2) is 35.7 Å². The molecule has 1 aromatic heterocycles. The fourth-order valence-electron chi connectivity index (χ4n) is 1.80. The molecular formula is C14H12ClNO4S. The molecule has 1 heterocycles. The van der Waals surface area contributed by atoms with Gasteiger partial charge in [-0.15, -0.1) is 11.3 Å². The number of carboxylic acids is 1. The van der Waals surface area contributed by atoms with Crippen LogP contribution in [-0.2, 0) is 4.79 Å². The summed E-state index contributed by atoms with van der Waals surface area (Å²) >= 11 is 7.10. The molecule has 0 saturated carbocycles. The van der Waals surface area contributed by atoms with Gasteiger partial charge in [0.05, 0.1) is 7.11 Å². The van der Waals surface area contributed by atoms with Crippen molar-refractivity contribution in [3.8, 4) is 5.75 Å². The molecule has 0 aliphatic heterocycles. The fourth-order valence-corrected chi connectivity index (χ4v) is 2.79. The number of aliphatic carboxylic acids is 1. The van der Waals surface area contributed by atoms with Gasteiger partial charge in [0.15, 0.2) is 0 Å². The molecule has 1 aromatic carbocycles. The van der Waals surface area contributed by atoms with Crippen LogP contribution < -0.4 is 9.64 Å². The Hall–Kier alpha value is -2.05. The normalized spacial score (nSPS) is 10.2. The second-order valence-electron chi connectivity index (χ2n) is 4.08. The number of thiophene rings is 1. The lowest BCUT2D eigenvalue weighted by Crippen LogP contribution is -2.35. The number of halogens is 1. The number of rotatable bonds is 5. The fraction of sp³-hybridized carbons (Fsp3) is 0.143. The summed E-state index contributed by atoms with van der Waals surface area (Å²) in [7, 11) is 1.46. The lowest BCUT2D eigenvalue weighted by atomic mass is 10.2. The van der Waals surface area contributed by atoms with Crippen LogP contribution in [0.2, 0.25) is 5.02 Å². The maximum absolute atomic E-state index is 12.6. The molecule has 0 atom stereocenters. The molecule has 21 heavy (non-hydrogen) atoms. The Kier molecular flexibility index (Phi) is 4.82. The number of hydrogen-bond acceptors (Lipinski definition) is 4. The number of anilines is 1. The summed E-state index contributed by atoms with van der Waals surface area (Å²) in [5.74, 6) is -1.13. The number of carbonyl (C=O) groups excluding carboxylic acids is 1. The van der Waals surface area contributed by atoms with E-state index in [1.807, 2.05) is 0 Å². The number of nitrogens with zero attached hydrogens (tertiary/aromatic N) is 1. The van der Waals surface area contributed by atoms with Gasteiger partial charge in [0, 0.05) is 10.7 Å². The average Bonchev–Trinajstić information content (AvgIpc) is 2.92. The molecule has 0 fully saturated rings. The van der Waals surface area contributed by atoms with Crippen molar-refractivity contribution in [1.29, 1.82) is 0 Å². The first kappa shape index (κ1) is 15.3. The maximum Gasteiger partial charge on any atom is 0.323 e. The van der Waals surface area contributed by atoms with E-state index in [1.165, 1.54) is 18.4 Å². The molecule has 0 bridgehead atoms. The van der Waals surface area contributed by atoms with E-state index >= 15 is 0 Å². The minimum absolute atomic E-state index is 0.346. The summed E-state index contributed by atoms with van der Waals surface area (Å²) in [6.45, 7) is -0.458. The van der Waals surface area contributed by atoms with Crippen molar-refractivity contribution in [3.05, 3.63) is 45.6 Å². The minimum Gasteiger partial charge on any atom is -0.495 e. The van der Waals surface area contributed by atoms with E-state index in [9.17, 15) is 9.59 Å². The van der Waals surface area contributed by atoms with Gasteiger partial charge in [-0.3, -0.25) is 14.5 Å². The molecule has 110 valence electrons. The zero-order valence-electron chi connectivity index (χ0n) is 11.1. The zero-order valence-corrected chi connectivity index (χ0v) is 12.6. The van der Waals surface area contributed by atoms with Crippen molar-refractivity contribution in [1.82, 2.24) is 0 Å². The number of carbonyl (C=O) groups is 2. The summed E-state index contributed by atoms with van der Waals surface area (Å²) in [4.78, 5) is 25.1. The lowest BCUT2D eigenvalue weighted by Gasteiger charge is -2.20. The first-order chi connectivity index (χ1) is 10.0. The summed E-state index contributed by atoms with van der Waals surface area (Å²) in [5.41, 5.74) is 0.422. The van der Waals surface area contributed by atoms with E-state index < -0.39 is 18.4 Å². The van der Waals surface area contributed by atoms with E-state index in [1.54, 1.807) is 35.7 Å². The van der Waals surface area contributed by atoms with Crippen LogP contribution in [0.3, 0.4) is 0 Å². The second-order valence-corrected chi connectivity index (χ2v) is 5.44. The van der Waals surface area contributed by atoms with Gasteiger partial charge in [0.1, 0.15) is 17.2 Å². The number of amides is 1. The third-order valence-corrected chi connectivity index (χ3v) is 3.82. The third-order valence-electron chi connectivity index (χ3n) is 2.70. The summed E-state index contributed by atoms with van der Waals surface area (Å²) < 4.78 is 5.11. The Balaban J connectivity index is 2.41. The predicted octanol–water partition coefficient (Wildman–Crippen LogP) is 3.14. The molecule has 5 nitrogen and oxygen atoms in total. The standard InChI is InChI=1S/C14H12ClNO4S/c1-20-11-5-6-21-13(11)14(19)16(8-12(17)18)10-4-2-3-9(15)7-10/h2-7H,8H2,1H3,(H,17,18). The Morgan fingerprint density at radius 1 is 1.38 bits per heavy atom. The number of hydrogen-bond donors (Lipinski definition) is 1. The van der Waals surface area contributed by atoms with Crippen LogP contribution in [0, 0.1) is 0 Å². The third kappa shape index (κ3) is 3.53. The van der Waals surface area contributed by atoms with Gasteiger partial charge in [0.2, 0.25) is 0 Å². The predicted molar refractivity (Wildman–Crippen MR) is 81.6 cm³/mol. The van der Waals surface area contributed by atoms with Gasteiger partial charge in [-0.25, -0.2) is 0 Å². The molecule has 0 spiro atoms. The quantitative estimate of drug-likeness (QED) is 0.917. The number of benzene rings is 1. The van der Waals surface area contributed by atoms with Crippen molar-refractivity contribution < 1.29 is 19.4 Å². The van der Waals surface area contributed by atoms with Crippen LogP contribution in [-0.4, -0.2) is 30.6 Å². The van der Waals surface area contributed by atoms with E-state index in [4.69, 9.17) is 21.4 Å². The van der Waals surface area contributed by atoms with Crippen molar-refractivity contribution in [2.24, 2.45) is 0 Å². The molecule has 1 amide bonds. The Labute approximate surface area is 130 Å². The van der Waals surface area contributed by atoms with Crippen molar-refractivity contribution >= 4 is 40.5 Å². The monoisotopic (exact) mass is 325 g/mol. The van der Waals surface area contributed by atoms with Crippen LogP contribution in [0.4, 0.5) is 5.69 Å². The first-order valence-corrected chi connectivity index (χ1v) is 7.19. The number of ether oxygens (including phenoxy) is 1. The van der Waals surface area contributed by atoms with Crippen LogP contribution >= 0.6 is 22.9 Å². The van der Waals surface area contributed by atoms with Gasteiger partial charge in [-0.05, 0) is 29.6 Å². The van der Waals surface area contributed by atoms with Crippen molar-refractivity contribution in [2.75, 3.05) is 18.6 Å². The highest BCUT2D eigenvalue weighted by Gasteiger charge is 2.24. The molecule has 0 aliphatic carbocycles. The van der Waals surface area contributed by atoms with E-state index in [-0.39, 0.29) is 0 Å². The summed E-state index contributed by atoms with van der Waals surface area (Å²) in [6.07, 6.45) is 0. The van der Waals surface area contributed by atoms with Crippen LogP contribution in [0.25, 0.3) is 0 Å². The minimum atomic E-state index is -1.11. The highest BCUT2D eigenvalue weighted by molar-refractivity contribution is 7.12. The van der Waals surface area contributed by atoms with E-state index in [0.29, 0.717) is 21.3 Å². The molecule has 7 heteroatoms. The van der Waals surface area contributed by atoms with Gasteiger partial charge >= 0.3 is 5.97 Å².